The number of esters is 1. The van der Waals surface area contributed by atoms with E-state index in [9.17, 15) is 22.8 Å². The van der Waals surface area contributed by atoms with Crippen molar-refractivity contribution in [3.8, 4) is 5.69 Å². The van der Waals surface area contributed by atoms with Crippen LogP contribution >= 0.6 is 11.6 Å². The van der Waals surface area contributed by atoms with Gasteiger partial charge in [-0.15, -0.1) is 0 Å². The minimum absolute atomic E-state index is 0.00432. The van der Waals surface area contributed by atoms with E-state index in [4.69, 9.17) is 11.6 Å². The molecule has 4 rings (SSSR count). The zero-order chi connectivity index (χ0) is 23.0. The molecule has 1 N–H and O–H groups in total. The summed E-state index contributed by atoms with van der Waals surface area (Å²) < 4.78 is 45.5. The average Bonchev–Trinajstić information content (AvgIpc) is 3.51. The van der Waals surface area contributed by atoms with E-state index in [1.165, 1.54) is 48.3 Å². The first-order chi connectivity index (χ1) is 15.2. The largest absolute Gasteiger partial charge is 0.465 e. The number of alkyl halides is 3. The third-order valence-electron chi connectivity index (χ3n) is 5.07. The number of carbonyl (C=O) groups excluding carboxylic acids is 2. The highest BCUT2D eigenvalue weighted by atomic mass is 35.5. The van der Waals surface area contributed by atoms with Gasteiger partial charge in [-0.1, -0.05) is 17.7 Å². The van der Waals surface area contributed by atoms with Gasteiger partial charge in [0.25, 0.3) is 5.91 Å². The highest BCUT2D eigenvalue weighted by Gasteiger charge is 2.34. The number of nitrogens with zero attached hydrogens (tertiary/aromatic N) is 2. The van der Waals surface area contributed by atoms with E-state index < -0.39 is 23.6 Å². The molecular formula is C22H17ClF3N3O3. The number of anilines is 1. The van der Waals surface area contributed by atoms with Crippen LogP contribution in [0.3, 0.4) is 0 Å². The van der Waals surface area contributed by atoms with E-state index >= 15 is 0 Å². The lowest BCUT2D eigenvalue weighted by Crippen LogP contribution is -2.15. The number of benzene rings is 2. The number of methoxy groups -OCH3 is 1. The Kier molecular flexibility index (Phi) is 5.68. The second-order valence-electron chi connectivity index (χ2n) is 7.32. The summed E-state index contributed by atoms with van der Waals surface area (Å²) in [5.41, 5.74) is 0.574. The van der Waals surface area contributed by atoms with Crippen LogP contribution in [-0.2, 0) is 10.9 Å². The molecule has 0 unspecified atom stereocenters. The fourth-order valence-electron chi connectivity index (χ4n) is 3.36. The average molecular weight is 464 g/mol. The van der Waals surface area contributed by atoms with E-state index in [1.54, 1.807) is 0 Å². The second-order valence-corrected chi connectivity index (χ2v) is 7.73. The molecule has 2 aromatic carbocycles. The Morgan fingerprint density at radius 1 is 1.19 bits per heavy atom. The molecule has 1 aromatic heterocycles. The van der Waals surface area contributed by atoms with E-state index in [0.29, 0.717) is 5.69 Å². The van der Waals surface area contributed by atoms with Crippen LogP contribution < -0.4 is 5.32 Å². The van der Waals surface area contributed by atoms with Gasteiger partial charge in [0, 0.05) is 5.92 Å². The molecule has 10 heteroatoms. The Morgan fingerprint density at radius 3 is 2.59 bits per heavy atom. The van der Waals surface area contributed by atoms with Crippen LogP contribution in [-0.4, -0.2) is 28.8 Å². The molecule has 0 aliphatic heterocycles. The SMILES string of the molecule is COC(=O)c1ccc(Cl)c(NC(=O)c2cnn(-c3cccc(C(F)(F)F)c3)c2C2CC2)c1. The summed E-state index contributed by atoms with van der Waals surface area (Å²) in [6.45, 7) is 0. The summed E-state index contributed by atoms with van der Waals surface area (Å²) in [6, 6.07) is 9.09. The van der Waals surface area contributed by atoms with Crippen LogP contribution in [0.1, 0.15) is 50.7 Å². The zero-order valence-corrected chi connectivity index (χ0v) is 17.5. The van der Waals surface area contributed by atoms with Gasteiger partial charge in [-0.2, -0.15) is 18.3 Å². The van der Waals surface area contributed by atoms with Gasteiger partial charge in [0.2, 0.25) is 0 Å². The molecule has 0 bridgehead atoms. The molecule has 0 atom stereocenters. The molecule has 1 fully saturated rings. The lowest BCUT2D eigenvalue weighted by molar-refractivity contribution is -0.137. The van der Waals surface area contributed by atoms with E-state index in [2.05, 4.69) is 15.2 Å². The first-order valence-corrected chi connectivity index (χ1v) is 10.0. The highest BCUT2D eigenvalue weighted by Crippen LogP contribution is 2.43. The van der Waals surface area contributed by atoms with E-state index in [-0.39, 0.29) is 33.4 Å². The van der Waals surface area contributed by atoms with Crippen LogP contribution in [0.2, 0.25) is 5.02 Å². The zero-order valence-electron chi connectivity index (χ0n) is 16.7. The predicted molar refractivity (Wildman–Crippen MR) is 111 cm³/mol. The first kappa shape index (κ1) is 21.9. The van der Waals surface area contributed by atoms with Gasteiger partial charge < -0.3 is 10.1 Å². The van der Waals surface area contributed by atoms with Crippen LogP contribution in [0.25, 0.3) is 5.69 Å². The summed E-state index contributed by atoms with van der Waals surface area (Å²) in [5.74, 6) is -1.12. The fourth-order valence-corrected chi connectivity index (χ4v) is 3.52. The molecular weight excluding hydrogens is 447 g/mol. The number of rotatable bonds is 5. The summed E-state index contributed by atoms with van der Waals surface area (Å²) in [5, 5.41) is 7.07. The molecule has 1 aliphatic rings. The molecule has 6 nitrogen and oxygen atoms in total. The number of hydrogen-bond acceptors (Lipinski definition) is 4. The Balaban J connectivity index is 1.69. The van der Waals surface area contributed by atoms with Crippen molar-refractivity contribution >= 4 is 29.2 Å². The standard InChI is InChI=1S/C22H17ClF3N3O3/c1-32-21(31)13-7-8-17(23)18(9-13)28-20(30)16-11-27-29(19(16)12-5-6-12)15-4-2-3-14(10-15)22(24,25)26/h2-4,7-12H,5-6H2,1H3,(H,28,30). The Morgan fingerprint density at radius 2 is 1.94 bits per heavy atom. The maximum atomic E-state index is 13.1. The lowest BCUT2D eigenvalue weighted by atomic mass is 10.1. The molecule has 0 spiro atoms. The van der Waals surface area contributed by atoms with Gasteiger partial charge in [0.05, 0.1) is 52.1 Å². The minimum Gasteiger partial charge on any atom is -0.465 e. The smallest absolute Gasteiger partial charge is 0.416 e. The van der Waals surface area contributed by atoms with Crippen molar-refractivity contribution in [2.24, 2.45) is 0 Å². The third-order valence-corrected chi connectivity index (χ3v) is 5.40. The Labute approximate surface area is 185 Å². The van der Waals surface area contributed by atoms with Crippen molar-refractivity contribution in [3.05, 3.63) is 76.1 Å². The summed E-state index contributed by atoms with van der Waals surface area (Å²) >= 11 is 6.16. The van der Waals surface area contributed by atoms with Crippen LogP contribution in [0.5, 0.6) is 0 Å². The fraction of sp³-hybridized carbons (Fsp3) is 0.227. The van der Waals surface area contributed by atoms with Crippen molar-refractivity contribution in [3.63, 3.8) is 0 Å². The topological polar surface area (TPSA) is 73.2 Å². The van der Waals surface area contributed by atoms with Crippen molar-refractivity contribution in [2.45, 2.75) is 24.9 Å². The minimum atomic E-state index is -4.50. The number of nitrogens with one attached hydrogen (secondary N) is 1. The summed E-state index contributed by atoms with van der Waals surface area (Å²) in [6.07, 6.45) is -1.58. The van der Waals surface area contributed by atoms with Crippen LogP contribution in [0.15, 0.2) is 48.7 Å². The quantitative estimate of drug-likeness (QED) is 0.510. The van der Waals surface area contributed by atoms with Crippen LogP contribution in [0.4, 0.5) is 18.9 Å². The molecule has 32 heavy (non-hydrogen) atoms. The summed E-state index contributed by atoms with van der Waals surface area (Å²) in [7, 11) is 1.24. The highest BCUT2D eigenvalue weighted by molar-refractivity contribution is 6.34. The third kappa shape index (κ3) is 4.34. The molecule has 1 amide bonds. The van der Waals surface area contributed by atoms with Crippen molar-refractivity contribution < 1.29 is 27.5 Å². The van der Waals surface area contributed by atoms with E-state index in [1.807, 2.05) is 0 Å². The maximum absolute atomic E-state index is 13.1. The molecule has 0 saturated heterocycles. The number of carbonyl (C=O) groups is 2. The number of amides is 1. The van der Waals surface area contributed by atoms with E-state index in [0.717, 1.165) is 25.0 Å². The van der Waals surface area contributed by atoms with Gasteiger partial charge in [-0.05, 0) is 49.2 Å². The molecule has 1 aliphatic carbocycles. The van der Waals surface area contributed by atoms with Crippen molar-refractivity contribution in [1.82, 2.24) is 9.78 Å². The monoisotopic (exact) mass is 463 g/mol. The molecule has 1 heterocycles. The van der Waals surface area contributed by atoms with Crippen LogP contribution in [0, 0.1) is 0 Å². The van der Waals surface area contributed by atoms with Gasteiger partial charge in [0.1, 0.15) is 0 Å². The maximum Gasteiger partial charge on any atom is 0.416 e. The predicted octanol–water partition coefficient (Wildman–Crippen LogP) is 5.46. The van der Waals surface area contributed by atoms with Crippen molar-refractivity contribution in [2.75, 3.05) is 12.4 Å². The number of ether oxygens (including phenoxy) is 1. The number of aromatic nitrogens is 2. The number of halogens is 4. The van der Waals surface area contributed by atoms with Gasteiger partial charge in [0.15, 0.2) is 0 Å². The molecule has 3 aromatic rings. The Hall–Kier alpha value is -3.33. The van der Waals surface area contributed by atoms with Gasteiger partial charge >= 0.3 is 12.1 Å². The summed E-state index contributed by atoms with van der Waals surface area (Å²) in [4.78, 5) is 24.8. The molecule has 0 radical (unpaired) electrons. The number of hydrogen-bond donors (Lipinski definition) is 1. The molecule has 1 saturated carbocycles. The first-order valence-electron chi connectivity index (χ1n) is 9.64. The van der Waals surface area contributed by atoms with Crippen molar-refractivity contribution in [1.29, 1.82) is 0 Å². The van der Waals surface area contributed by atoms with Gasteiger partial charge in [-0.3, -0.25) is 4.79 Å². The Bertz CT molecular complexity index is 1200. The second kappa shape index (κ2) is 8.31. The normalized spacial score (nSPS) is 13.7. The molecule has 166 valence electrons. The lowest BCUT2D eigenvalue weighted by Gasteiger charge is -2.12. The van der Waals surface area contributed by atoms with Gasteiger partial charge in [-0.25, -0.2) is 9.48 Å².